The second-order valence-electron chi connectivity index (χ2n) is 3.70. The molecule has 0 amide bonds. The normalized spacial score (nSPS) is 10.1. The van der Waals surface area contributed by atoms with E-state index in [0.717, 1.165) is 6.07 Å². The first-order chi connectivity index (χ1) is 8.63. The first kappa shape index (κ1) is 12.1. The van der Waals surface area contributed by atoms with Crippen LogP contribution in [-0.4, -0.2) is 18.2 Å². The molecule has 0 saturated heterocycles. The largest absolute Gasteiger partial charge is 0.496 e. The Hall–Kier alpha value is -2.36. The van der Waals surface area contributed by atoms with Crippen LogP contribution in [0.3, 0.4) is 0 Å². The number of hydrogen-bond donors (Lipinski definition) is 1. The standard InChI is InChI=1S/C14H11FO3/c1-18-13-5-3-2-4-11(13)10-7-6-9(15)8-12(10)14(16)17/h2-8H,1H3,(H,16,17). The molecule has 3 nitrogen and oxygen atoms in total. The molecule has 0 aliphatic carbocycles. The van der Waals surface area contributed by atoms with Crippen molar-refractivity contribution < 1.29 is 19.0 Å². The first-order valence-corrected chi connectivity index (χ1v) is 5.29. The summed E-state index contributed by atoms with van der Waals surface area (Å²) in [5, 5.41) is 9.11. The Morgan fingerprint density at radius 1 is 1.17 bits per heavy atom. The predicted octanol–water partition coefficient (Wildman–Crippen LogP) is 3.20. The fraction of sp³-hybridized carbons (Fsp3) is 0.0714. The molecule has 0 fully saturated rings. The van der Waals surface area contributed by atoms with E-state index >= 15 is 0 Å². The number of rotatable bonds is 3. The molecule has 0 unspecified atom stereocenters. The third kappa shape index (κ3) is 2.18. The van der Waals surface area contributed by atoms with Gasteiger partial charge in [-0.05, 0) is 18.2 Å². The van der Waals surface area contributed by atoms with Crippen molar-refractivity contribution in [1.82, 2.24) is 0 Å². The monoisotopic (exact) mass is 246 g/mol. The highest BCUT2D eigenvalue weighted by atomic mass is 19.1. The third-order valence-electron chi connectivity index (χ3n) is 2.61. The lowest BCUT2D eigenvalue weighted by molar-refractivity contribution is 0.0697. The molecule has 0 aromatic heterocycles. The maximum absolute atomic E-state index is 13.1. The lowest BCUT2D eigenvalue weighted by Crippen LogP contribution is -2.01. The van der Waals surface area contributed by atoms with Crippen LogP contribution in [0.25, 0.3) is 11.1 Å². The van der Waals surface area contributed by atoms with Gasteiger partial charge in [0.1, 0.15) is 11.6 Å². The van der Waals surface area contributed by atoms with Crippen LogP contribution in [0, 0.1) is 5.82 Å². The second kappa shape index (κ2) is 4.87. The number of methoxy groups -OCH3 is 1. The van der Waals surface area contributed by atoms with Gasteiger partial charge in [0.2, 0.25) is 0 Å². The fourth-order valence-corrected chi connectivity index (χ4v) is 1.80. The van der Waals surface area contributed by atoms with Gasteiger partial charge in [-0.3, -0.25) is 0 Å². The van der Waals surface area contributed by atoms with Gasteiger partial charge < -0.3 is 9.84 Å². The van der Waals surface area contributed by atoms with E-state index in [1.165, 1.54) is 19.2 Å². The van der Waals surface area contributed by atoms with E-state index in [1.54, 1.807) is 24.3 Å². The molecule has 0 aliphatic heterocycles. The zero-order valence-corrected chi connectivity index (χ0v) is 9.68. The summed E-state index contributed by atoms with van der Waals surface area (Å²) in [7, 11) is 1.50. The highest BCUT2D eigenvalue weighted by Crippen LogP contribution is 2.32. The summed E-state index contributed by atoms with van der Waals surface area (Å²) in [6.45, 7) is 0. The predicted molar refractivity (Wildman–Crippen MR) is 65.3 cm³/mol. The number of halogens is 1. The second-order valence-corrected chi connectivity index (χ2v) is 3.70. The van der Waals surface area contributed by atoms with Gasteiger partial charge in [0.15, 0.2) is 0 Å². The molecule has 4 heteroatoms. The zero-order valence-electron chi connectivity index (χ0n) is 9.68. The third-order valence-corrected chi connectivity index (χ3v) is 2.61. The van der Waals surface area contributed by atoms with E-state index in [0.29, 0.717) is 16.9 Å². The number of aromatic carboxylic acids is 1. The number of carbonyl (C=O) groups is 1. The minimum Gasteiger partial charge on any atom is -0.496 e. The molecule has 92 valence electrons. The van der Waals surface area contributed by atoms with Crippen LogP contribution in [0.2, 0.25) is 0 Å². The van der Waals surface area contributed by atoms with E-state index in [4.69, 9.17) is 9.84 Å². The molecule has 0 bridgehead atoms. The number of hydrogen-bond acceptors (Lipinski definition) is 2. The van der Waals surface area contributed by atoms with E-state index in [9.17, 15) is 9.18 Å². The summed E-state index contributed by atoms with van der Waals surface area (Å²) >= 11 is 0. The van der Waals surface area contributed by atoms with Crippen molar-refractivity contribution in [2.45, 2.75) is 0 Å². The molecule has 0 spiro atoms. The van der Waals surface area contributed by atoms with E-state index in [1.807, 2.05) is 0 Å². The van der Waals surface area contributed by atoms with Crippen LogP contribution in [0.1, 0.15) is 10.4 Å². The van der Waals surface area contributed by atoms with Crippen LogP contribution in [0.15, 0.2) is 42.5 Å². The topological polar surface area (TPSA) is 46.5 Å². The van der Waals surface area contributed by atoms with Gasteiger partial charge in [0, 0.05) is 11.1 Å². The molecule has 2 aromatic carbocycles. The van der Waals surface area contributed by atoms with Gasteiger partial charge in [-0.25, -0.2) is 9.18 Å². The van der Waals surface area contributed by atoms with Crippen LogP contribution in [0.4, 0.5) is 4.39 Å². The van der Waals surface area contributed by atoms with E-state index in [-0.39, 0.29) is 5.56 Å². The Balaban J connectivity index is 2.67. The van der Waals surface area contributed by atoms with Crippen molar-refractivity contribution in [3.63, 3.8) is 0 Å². The van der Waals surface area contributed by atoms with E-state index < -0.39 is 11.8 Å². The summed E-state index contributed by atoms with van der Waals surface area (Å²) in [6.07, 6.45) is 0. The maximum Gasteiger partial charge on any atom is 0.336 e. The molecule has 0 atom stereocenters. The summed E-state index contributed by atoms with van der Waals surface area (Å²) in [6, 6.07) is 10.7. The Labute approximate surface area is 103 Å². The van der Waals surface area contributed by atoms with Crippen molar-refractivity contribution in [2.24, 2.45) is 0 Å². The molecule has 0 aliphatic rings. The SMILES string of the molecule is COc1ccccc1-c1ccc(F)cc1C(=O)O. The van der Waals surface area contributed by atoms with Gasteiger partial charge in [0.25, 0.3) is 0 Å². The highest BCUT2D eigenvalue weighted by molar-refractivity contribution is 5.96. The van der Waals surface area contributed by atoms with Gasteiger partial charge in [-0.1, -0.05) is 24.3 Å². The Kier molecular flexibility index (Phi) is 3.28. The molecule has 0 heterocycles. The number of carboxylic acids is 1. The molecule has 2 rings (SSSR count). The zero-order chi connectivity index (χ0) is 13.1. The van der Waals surface area contributed by atoms with Crippen molar-refractivity contribution in [1.29, 1.82) is 0 Å². The molecular formula is C14H11FO3. The van der Waals surface area contributed by atoms with Gasteiger partial charge in [0.05, 0.1) is 12.7 Å². The number of benzene rings is 2. The highest BCUT2D eigenvalue weighted by Gasteiger charge is 2.15. The van der Waals surface area contributed by atoms with Gasteiger partial charge >= 0.3 is 5.97 Å². The Morgan fingerprint density at radius 2 is 1.89 bits per heavy atom. The summed E-state index contributed by atoms with van der Waals surface area (Å²) < 4.78 is 18.3. The van der Waals surface area contributed by atoms with Crippen molar-refractivity contribution in [3.05, 3.63) is 53.8 Å². The van der Waals surface area contributed by atoms with Gasteiger partial charge in [-0.2, -0.15) is 0 Å². The van der Waals surface area contributed by atoms with Crippen molar-refractivity contribution in [3.8, 4) is 16.9 Å². The van der Waals surface area contributed by atoms with E-state index in [2.05, 4.69) is 0 Å². The molecular weight excluding hydrogens is 235 g/mol. The van der Waals surface area contributed by atoms with Crippen LogP contribution < -0.4 is 4.74 Å². The number of ether oxygens (including phenoxy) is 1. The molecule has 2 aromatic rings. The average Bonchev–Trinajstić information content (AvgIpc) is 2.38. The van der Waals surface area contributed by atoms with Crippen LogP contribution in [-0.2, 0) is 0 Å². The summed E-state index contributed by atoms with van der Waals surface area (Å²) in [5.41, 5.74) is 0.971. The first-order valence-electron chi connectivity index (χ1n) is 5.29. The van der Waals surface area contributed by atoms with Crippen molar-refractivity contribution >= 4 is 5.97 Å². The molecule has 1 N–H and O–H groups in total. The minimum atomic E-state index is -1.17. The average molecular weight is 246 g/mol. The number of para-hydroxylation sites is 1. The maximum atomic E-state index is 13.1. The van der Waals surface area contributed by atoms with Crippen LogP contribution in [0.5, 0.6) is 5.75 Å². The molecule has 18 heavy (non-hydrogen) atoms. The molecule has 0 saturated carbocycles. The minimum absolute atomic E-state index is 0.0838. The number of carboxylic acid groups (broad SMARTS) is 1. The Bertz CT molecular complexity index is 593. The summed E-state index contributed by atoms with van der Waals surface area (Å²) in [4.78, 5) is 11.1. The lowest BCUT2D eigenvalue weighted by Gasteiger charge is -2.10. The lowest BCUT2D eigenvalue weighted by atomic mass is 9.99. The molecule has 0 radical (unpaired) electrons. The quantitative estimate of drug-likeness (QED) is 0.904. The smallest absolute Gasteiger partial charge is 0.336 e. The van der Waals surface area contributed by atoms with Gasteiger partial charge in [-0.15, -0.1) is 0 Å². The van der Waals surface area contributed by atoms with Crippen molar-refractivity contribution in [2.75, 3.05) is 7.11 Å². The summed E-state index contributed by atoms with van der Waals surface area (Å²) in [5.74, 6) is -1.20. The fourth-order valence-electron chi connectivity index (χ4n) is 1.80. The van der Waals surface area contributed by atoms with Crippen LogP contribution >= 0.6 is 0 Å². The Morgan fingerprint density at radius 3 is 2.56 bits per heavy atom.